The van der Waals surface area contributed by atoms with Gasteiger partial charge in [0.2, 0.25) is 11.8 Å². The van der Waals surface area contributed by atoms with Gasteiger partial charge in [0, 0.05) is 43.6 Å². The Balaban J connectivity index is 1.48. The molecule has 9 heteroatoms. The molecule has 0 bridgehead atoms. The number of halogens is 1. The number of likely N-dealkylation sites (tertiary alicyclic amines) is 1. The highest BCUT2D eigenvalue weighted by molar-refractivity contribution is 8.18. The summed E-state index contributed by atoms with van der Waals surface area (Å²) in [6, 6.07) is 6.02. The topological polar surface area (TPSA) is 86.8 Å². The van der Waals surface area contributed by atoms with E-state index in [9.17, 15) is 23.6 Å². The van der Waals surface area contributed by atoms with Crippen molar-refractivity contribution in [2.45, 2.75) is 26.7 Å². The fourth-order valence-electron chi connectivity index (χ4n) is 3.59. The first kappa shape index (κ1) is 23.0. The number of piperidine rings is 1. The van der Waals surface area contributed by atoms with E-state index in [0.29, 0.717) is 25.9 Å². The van der Waals surface area contributed by atoms with E-state index in [1.54, 1.807) is 17.0 Å². The minimum Gasteiger partial charge on any atom is -0.354 e. The number of nitrogens with zero attached hydrogens (tertiary/aromatic N) is 2. The lowest BCUT2D eigenvalue weighted by atomic mass is 9.95. The molecule has 2 heterocycles. The van der Waals surface area contributed by atoms with E-state index in [-0.39, 0.29) is 47.2 Å². The summed E-state index contributed by atoms with van der Waals surface area (Å²) in [7, 11) is 0. The molecule has 2 fully saturated rings. The first-order valence-corrected chi connectivity index (χ1v) is 11.2. The third-order valence-electron chi connectivity index (χ3n) is 5.37. The number of hydrogen-bond donors (Lipinski definition) is 1. The predicted molar refractivity (Wildman–Crippen MR) is 116 cm³/mol. The first-order chi connectivity index (χ1) is 14.8. The van der Waals surface area contributed by atoms with Gasteiger partial charge >= 0.3 is 0 Å². The second kappa shape index (κ2) is 10.1. The van der Waals surface area contributed by atoms with Crippen LogP contribution in [0.2, 0.25) is 0 Å². The molecule has 1 N–H and O–H groups in total. The number of amides is 4. The summed E-state index contributed by atoms with van der Waals surface area (Å²) in [6.45, 7) is 5.03. The maximum Gasteiger partial charge on any atom is 0.293 e. The number of carbonyl (C=O) groups excluding carboxylic acids is 4. The van der Waals surface area contributed by atoms with Gasteiger partial charge in [-0.25, -0.2) is 4.39 Å². The molecule has 166 valence electrons. The lowest BCUT2D eigenvalue weighted by molar-refractivity contribution is -0.138. The SMILES string of the molecule is CC(C)C(=O)N1CCC(C(=O)NCCN2C(=O)S/C(=C\c3ccccc3F)C2=O)CC1. The highest BCUT2D eigenvalue weighted by Crippen LogP contribution is 2.32. The zero-order valence-electron chi connectivity index (χ0n) is 17.6. The van der Waals surface area contributed by atoms with Crippen LogP contribution < -0.4 is 5.32 Å². The van der Waals surface area contributed by atoms with Crippen LogP contribution in [0.1, 0.15) is 32.3 Å². The summed E-state index contributed by atoms with van der Waals surface area (Å²) in [5, 5.41) is 2.34. The van der Waals surface area contributed by atoms with E-state index in [4.69, 9.17) is 0 Å². The second-order valence-electron chi connectivity index (χ2n) is 7.90. The fraction of sp³-hybridized carbons (Fsp3) is 0.455. The van der Waals surface area contributed by atoms with Crippen LogP contribution >= 0.6 is 11.8 Å². The lowest BCUT2D eigenvalue weighted by Crippen LogP contribution is -2.45. The van der Waals surface area contributed by atoms with Crippen molar-refractivity contribution in [1.82, 2.24) is 15.1 Å². The quantitative estimate of drug-likeness (QED) is 0.678. The Morgan fingerprint density at radius 3 is 2.55 bits per heavy atom. The average molecular weight is 448 g/mol. The molecule has 0 radical (unpaired) electrons. The summed E-state index contributed by atoms with van der Waals surface area (Å²) < 4.78 is 13.8. The fourth-order valence-corrected chi connectivity index (χ4v) is 4.44. The highest BCUT2D eigenvalue weighted by atomic mass is 32.2. The van der Waals surface area contributed by atoms with Gasteiger partial charge in [-0.3, -0.25) is 24.1 Å². The van der Waals surface area contributed by atoms with E-state index >= 15 is 0 Å². The normalized spacial score (nSPS) is 18.9. The standard InChI is InChI=1S/C22H26FN3O4S/c1-14(2)20(28)25-10-7-15(8-11-25)19(27)24-9-12-26-21(29)18(31-22(26)30)13-16-5-3-4-6-17(16)23/h3-6,13-15H,7-12H2,1-2H3,(H,24,27)/b18-13-. The van der Waals surface area contributed by atoms with Crippen LogP contribution in [-0.2, 0) is 14.4 Å². The average Bonchev–Trinajstić information content (AvgIpc) is 3.02. The maximum absolute atomic E-state index is 13.8. The van der Waals surface area contributed by atoms with Crippen molar-refractivity contribution in [3.05, 3.63) is 40.6 Å². The van der Waals surface area contributed by atoms with Gasteiger partial charge in [-0.2, -0.15) is 0 Å². The summed E-state index contributed by atoms with van der Waals surface area (Å²) in [4.78, 5) is 52.2. The monoisotopic (exact) mass is 447 g/mol. The summed E-state index contributed by atoms with van der Waals surface area (Å²) in [5.74, 6) is -1.24. The van der Waals surface area contributed by atoms with Crippen molar-refractivity contribution in [1.29, 1.82) is 0 Å². The number of hydrogen-bond acceptors (Lipinski definition) is 5. The minimum absolute atomic E-state index is 0.0513. The van der Waals surface area contributed by atoms with Gasteiger partial charge in [0.15, 0.2) is 0 Å². The zero-order chi connectivity index (χ0) is 22.5. The van der Waals surface area contributed by atoms with Crippen LogP contribution in [0.4, 0.5) is 9.18 Å². The van der Waals surface area contributed by atoms with Crippen LogP contribution in [0.5, 0.6) is 0 Å². The van der Waals surface area contributed by atoms with Crippen molar-refractivity contribution in [2.75, 3.05) is 26.2 Å². The van der Waals surface area contributed by atoms with Crippen molar-refractivity contribution in [3.63, 3.8) is 0 Å². The van der Waals surface area contributed by atoms with Crippen LogP contribution in [0.25, 0.3) is 6.08 Å². The molecule has 1 aromatic carbocycles. The molecule has 3 rings (SSSR count). The number of imide groups is 1. The third-order valence-corrected chi connectivity index (χ3v) is 6.28. The van der Waals surface area contributed by atoms with Crippen molar-refractivity contribution < 1.29 is 23.6 Å². The number of rotatable bonds is 6. The van der Waals surface area contributed by atoms with Gasteiger partial charge in [-0.05, 0) is 36.7 Å². The van der Waals surface area contributed by atoms with Crippen molar-refractivity contribution >= 4 is 40.8 Å². The Labute approximate surface area is 185 Å². The molecule has 0 spiro atoms. The Morgan fingerprint density at radius 2 is 1.90 bits per heavy atom. The molecule has 7 nitrogen and oxygen atoms in total. The van der Waals surface area contributed by atoms with E-state index in [2.05, 4.69) is 5.32 Å². The molecule has 2 aliphatic rings. The molecule has 31 heavy (non-hydrogen) atoms. The van der Waals surface area contributed by atoms with Crippen LogP contribution in [0.15, 0.2) is 29.2 Å². The van der Waals surface area contributed by atoms with Crippen molar-refractivity contribution in [2.24, 2.45) is 11.8 Å². The summed E-state index contributed by atoms with van der Waals surface area (Å²) in [6.07, 6.45) is 2.56. The molecule has 2 saturated heterocycles. The second-order valence-corrected chi connectivity index (χ2v) is 8.89. The first-order valence-electron chi connectivity index (χ1n) is 10.3. The molecular weight excluding hydrogens is 421 g/mol. The van der Waals surface area contributed by atoms with Crippen LogP contribution in [0, 0.1) is 17.7 Å². The van der Waals surface area contributed by atoms with E-state index in [0.717, 1.165) is 16.7 Å². The van der Waals surface area contributed by atoms with E-state index in [1.807, 2.05) is 13.8 Å². The van der Waals surface area contributed by atoms with Gasteiger partial charge in [0.1, 0.15) is 5.82 Å². The molecule has 0 saturated carbocycles. The van der Waals surface area contributed by atoms with Gasteiger partial charge in [0.25, 0.3) is 11.1 Å². The molecular formula is C22H26FN3O4S. The summed E-state index contributed by atoms with van der Waals surface area (Å²) >= 11 is 0.759. The third kappa shape index (κ3) is 5.52. The van der Waals surface area contributed by atoms with Gasteiger partial charge in [0.05, 0.1) is 4.91 Å². The van der Waals surface area contributed by atoms with E-state index < -0.39 is 17.0 Å². The summed E-state index contributed by atoms with van der Waals surface area (Å²) in [5.41, 5.74) is 0.239. The number of nitrogens with one attached hydrogen (secondary N) is 1. The number of benzene rings is 1. The molecule has 1 aromatic rings. The molecule has 0 aliphatic carbocycles. The molecule has 0 unspecified atom stereocenters. The van der Waals surface area contributed by atoms with E-state index in [1.165, 1.54) is 18.2 Å². The predicted octanol–water partition coefficient (Wildman–Crippen LogP) is 2.87. The van der Waals surface area contributed by atoms with Gasteiger partial charge in [-0.1, -0.05) is 32.0 Å². The number of carbonyl (C=O) groups is 4. The van der Waals surface area contributed by atoms with Gasteiger partial charge < -0.3 is 10.2 Å². The highest BCUT2D eigenvalue weighted by Gasteiger charge is 2.35. The molecule has 0 atom stereocenters. The molecule has 2 aliphatic heterocycles. The smallest absolute Gasteiger partial charge is 0.293 e. The van der Waals surface area contributed by atoms with Crippen molar-refractivity contribution in [3.8, 4) is 0 Å². The number of thioether (sulfide) groups is 1. The maximum atomic E-state index is 13.8. The van der Waals surface area contributed by atoms with Crippen LogP contribution in [0.3, 0.4) is 0 Å². The Hall–Kier alpha value is -2.68. The Kier molecular flexibility index (Phi) is 7.48. The Bertz CT molecular complexity index is 910. The van der Waals surface area contributed by atoms with Gasteiger partial charge in [-0.15, -0.1) is 0 Å². The zero-order valence-corrected chi connectivity index (χ0v) is 18.4. The Morgan fingerprint density at radius 1 is 1.23 bits per heavy atom. The molecule has 4 amide bonds. The minimum atomic E-state index is -0.493. The largest absolute Gasteiger partial charge is 0.354 e. The lowest BCUT2D eigenvalue weighted by Gasteiger charge is -2.32. The van der Waals surface area contributed by atoms with Crippen LogP contribution in [-0.4, -0.2) is 58.9 Å². The molecule has 0 aromatic heterocycles.